The molecule has 0 aliphatic carbocycles. The summed E-state index contributed by atoms with van der Waals surface area (Å²) in [7, 11) is 0. The van der Waals surface area contributed by atoms with Crippen LogP contribution in [0.1, 0.15) is 6.42 Å². The van der Waals surface area contributed by atoms with E-state index in [-0.39, 0.29) is 5.91 Å². The monoisotopic (exact) mass is 244 g/mol. The molecule has 6 heteroatoms. The van der Waals surface area contributed by atoms with Crippen molar-refractivity contribution in [3.63, 3.8) is 0 Å². The van der Waals surface area contributed by atoms with Gasteiger partial charge in [-0.2, -0.15) is 10.2 Å². The molecule has 2 heterocycles. The number of carbonyl (C=O) groups is 1. The van der Waals surface area contributed by atoms with Gasteiger partial charge in [-0.3, -0.25) is 14.7 Å². The van der Waals surface area contributed by atoms with E-state index in [2.05, 4.69) is 10.2 Å². The van der Waals surface area contributed by atoms with Crippen LogP contribution >= 0.6 is 0 Å². The summed E-state index contributed by atoms with van der Waals surface area (Å²) in [6.45, 7) is 0.440. The highest BCUT2D eigenvalue weighted by molar-refractivity contribution is 5.93. The van der Waals surface area contributed by atoms with Gasteiger partial charge in [-0.1, -0.05) is 12.1 Å². The number of nitrogens with two attached hydrogens (primary N) is 1. The number of nitrogen functional groups attached to an aromatic ring is 1. The van der Waals surface area contributed by atoms with Gasteiger partial charge in [0, 0.05) is 5.56 Å². The number of amides is 1. The molecule has 0 spiro atoms. The van der Waals surface area contributed by atoms with Gasteiger partial charge >= 0.3 is 0 Å². The molecule has 0 saturated carbocycles. The smallest absolute Gasteiger partial charge is 0.253 e. The first kappa shape index (κ1) is 10.8. The fourth-order valence-electron chi connectivity index (χ4n) is 1.92. The zero-order chi connectivity index (χ0) is 12.5. The maximum Gasteiger partial charge on any atom is 0.253 e. The molecule has 1 aliphatic heterocycles. The van der Waals surface area contributed by atoms with Crippen molar-refractivity contribution in [1.29, 1.82) is 0 Å². The predicted octanol–water partition coefficient (Wildman–Crippen LogP) is 1.33. The van der Waals surface area contributed by atoms with Crippen LogP contribution in [-0.2, 0) is 9.63 Å². The van der Waals surface area contributed by atoms with Crippen LogP contribution in [0, 0.1) is 0 Å². The average molecular weight is 244 g/mol. The molecule has 18 heavy (non-hydrogen) atoms. The van der Waals surface area contributed by atoms with E-state index in [0.29, 0.717) is 18.8 Å². The van der Waals surface area contributed by atoms with E-state index in [1.807, 2.05) is 24.3 Å². The zero-order valence-electron chi connectivity index (χ0n) is 9.59. The average Bonchev–Trinajstić information content (AvgIpc) is 2.98. The van der Waals surface area contributed by atoms with Crippen LogP contribution in [0.25, 0.3) is 11.1 Å². The Hall–Kier alpha value is -2.34. The second-order valence-electron chi connectivity index (χ2n) is 4.02. The molecule has 1 saturated heterocycles. The maximum atomic E-state index is 11.5. The summed E-state index contributed by atoms with van der Waals surface area (Å²) in [4.78, 5) is 16.8. The Morgan fingerprint density at radius 2 is 2.11 bits per heavy atom. The Morgan fingerprint density at radius 1 is 1.33 bits per heavy atom. The molecule has 92 valence electrons. The lowest BCUT2D eigenvalue weighted by Gasteiger charge is -2.14. The molecule has 0 bridgehead atoms. The third kappa shape index (κ3) is 1.72. The van der Waals surface area contributed by atoms with E-state index in [4.69, 9.17) is 10.6 Å². The van der Waals surface area contributed by atoms with Gasteiger partial charge in [0.25, 0.3) is 5.91 Å². The first-order chi connectivity index (χ1) is 8.75. The first-order valence-corrected chi connectivity index (χ1v) is 5.61. The molecule has 3 N–H and O–H groups in total. The molecular weight excluding hydrogens is 232 g/mol. The van der Waals surface area contributed by atoms with Crippen molar-refractivity contribution in [2.45, 2.75) is 6.42 Å². The van der Waals surface area contributed by atoms with Crippen molar-refractivity contribution in [2.75, 3.05) is 17.4 Å². The molecule has 0 radical (unpaired) electrons. The lowest BCUT2D eigenvalue weighted by molar-refractivity contribution is -0.119. The Morgan fingerprint density at radius 3 is 2.67 bits per heavy atom. The van der Waals surface area contributed by atoms with Crippen molar-refractivity contribution < 1.29 is 9.63 Å². The number of rotatable bonds is 2. The molecule has 2 aromatic rings. The SMILES string of the molecule is Nc1[nH]ncc1-c1ccc(N2OCCC2=O)cc1. The number of benzene rings is 1. The van der Waals surface area contributed by atoms with Crippen molar-refractivity contribution in [3.8, 4) is 11.1 Å². The number of hydrogen-bond acceptors (Lipinski definition) is 4. The summed E-state index contributed by atoms with van der Waals surface area (Å²) in [5.41, 5.74) is 8.26. The quantitative estimate of drug-likeness (QED) is 0.834. The number of nitrogens with one attached hydrogen (secondary N) is 1. The lowest BCUT2D eigenvalue weighted by atomic mass is 10.1. The van der Waals surface area contributed by atoms with Crippen LogP contribution in [0.3, 0.4) is 0 Å². The third-order valence-electron chi connectivity index (χ3n) is 2.84. The van der Waals surface area contributed by atoms with Crippen LogP contribution in [0.4, 0.5) is 11.5 Å². The van der Waals surface area contributed by atoms with E-state index in [1.54, 1.807) is 6.20 Å². The maximum absolute atomic E-state index is 11.5. The molecule has 1 amide bonds. The number of H-pyrrole nitrogens is 1. The number of hydrogen-bond donors (Lipinski definition) is 2. The van der Waals surface area contributed by atoms with Gasteiger partial charge in [0.15, 0.2) is 0 Å². The van der Waals surface area contributed by atoms with Crippen LogP contribution in [-0.4, -0.2) is 22.7 Å². The van der Waals surface area contributed by atoms with Crippen molar-refractivity contribution in [1.82, 2.24) is 10.2 Å². The van der Waals surface area contributed by atoms with Crippen LogP contribution in [0.5, 0.6) is 0 Å². The normalized spacial score (nSPS) is 15.3. The van der Waals surface area contributed by atoms with Gasteiger partial charge in [-0.15, -0.1) is 0 Å². The van der Waals surface area contributed by atoms with Crippen LogP contribution < -0.4 is 10.8 Å². The summed E-state index contributed by atoms with van der Waals surface area (Å²) in [6.07, 6.45) is 2.10. The third-order valence-corrected chi connectivity index (χ3v) is 2.84. The highest BCUT2D eigenvalue weighted by atomic mass is 16.7. The highest BCUT2D eigenvalue weighted by Gasteiger charge is 2.23. The zero-order valence-corrected chi connectivity index (χ0v) is 9.59. The Bertz CT molecular complexity index is 576. The summed E-state index contributed by atoms with van der Waals surface area (Å²) in [5, 5.41) is 7.88. The Balaban J connectivity index is 1.90. The minimum atomic E-state index is -0.0226. The van der Waals surface area contributed by atoms with E-state index in [1.165, 1.54) is 5.06 Å². The molecule has 6 nitrogen and oxygen atoms in total. The summed E-state index contributed by atoms with van der Waals surface area (Å²) >= 11 is 0. The van der Waals surface area contributed by atoms with Gasteiger partial charge in [0.1, 0.15) is 5.82 Å². The van der Waals surface area contributed by atoms with E-state index >= 15 is 0 Å². The molecule has 0 unspecified atom stereocenters. The van der Waals surface area contributed by atoms with E-state index in [9.17, 15) is 4.79 Å². The minimum absolute atomic E-state index is 0.0226. The van der Waals surface area contributed by atoms with Gasteiger partial charge in [0.05, 0.1) is 24.9 Å². The van der Waals surface area contributed by atoms with Crippen LogP contribution in [0.2, 0.25) is 0 Å². The minimum Gasteiger partial charge on any atom is -0.384 e. The van der Waals surface area contributed by atoms with Crippen LogP contribution in [0.15, 0.2) is 30.5 Å². The number of anilines is 2. The predicted molar refractivity (Wildman–Crippen MR) is 66.5 cm³/mol. The standard InChI is InChI=1S/C12H12N4O2/c13-12-10(7-14-15-12)8-1-3-9(4-2-8)16-11(17)5-6-18-16/h1-4,7H,5-6H2,(H3,13,14,15). The fraction of sp³-hybridized carbons (Fsp3) is 0.167. The molecule has 1 fully saturated rings. The molecule has 1 aromatic carbocycles. The van der Waals surface area contributed by atoms with Gasteiger partial charge < -0.3 is 5.73 Å². The second-order valence-corrected chi connectivity index (χ2v) is 4.02. The van der Waals surface area contributed by atoms with E-state index in [0.717, 1.165) is 16.8 Å². The van der Waals surface area contributed by atoms with Gasteiger partial charge in [0.2, 0.25) is 0 Å². The van der Waals surface area contributed by atoms with Gasteiger partial charge in [-0.05, 0) is 17.7 Å². The van der Waals surface area contributed by atoms with Crippen molar-refractivity contribution >= 4 is 17.4 Å². The first-order valence-electron chi connectivity index (χ1n) is 5.61. The Labute approximate surface area is 103 Å². The molecule has 1 aromatic heterocycles. The second kappa shape index (κ2) is 4.15. The molecule has 0 atom stereocenters. The lowest BCUT2D eigenvalue weighted by Crippen LogP contribution is -2.21. The largest absolute Gasteiger partial charge is 0.384 e. The summed E-state index contributed by atoms with van der Waals surface area (Å²) in [5.74, 6) is 0.502. The molecular formula is C12H12N4O2. The number of aromatic amines is 1. The summed E-state index contributed by atoms with van der Waals surface area (Å²) < 4.78 is 0. The number of carbonyl (C=O) groups excluding carboxylic acids is 1. The number of aromatic nitrogens is 2. The van der Waals surface area contributed by atoms with Gasteiger partial charge in [-0.25, -0.2) is 0 Å². The fourth-order valence-corrected chi connectivity index (χ4v) is 1.92. The number of nitrogens with zero attached hydrogens (tertiary/aromatic N) is 2. The number of hydroxylamine groups is 1. The van der Waals surface area contributed by atoms with E-state index < -0.39 is 0 Å². The molecule has 3 rings (SSSR count). The highest BCUT2D eigenvalue weighted by Crippen LogP contribution is 2.27. The van der Waals surface area contributed by atoms with Crippen molar-refractivity contribution in [3.05, 3.63) is 30.5 Å². The Kier molecular flexibility index (Phi) is 2.49. The summed E-state index contributed by atoms with van der Waals surface area (Å²) in [6, 6.07) is 7.41. The van der Waals surface area contributed by atoms with Crippen molar-refractivity contribution in [2.24, 2.45) is 0 Å². The molecule has 1 aliphatic rings. The topological polar surface area (TPSA) is 84.2 Å².